The summed E-state index contributed by atoms with van der Waals surface area (Å²) < 4.78 is 0. The minimum Gasteiger partial charge on any atom is -0.480 e. The van der Waals surface area contributed by atoms with Crippen LogP contribution in [0, 0.1) is 0 Å². The van der Waals surface area contributed by atoms with E-state index in [-0.39, 0.29) is 6.04 Å². The van der Waals surface area contributed by atoms with Crippen molar-refractivity contribution in [2.45, 2.75) is 44.7 Å². The van der Waals surface area contributed by atoms with Gasteiger partial charge in [0.1, 0.15) is 6.04 Å². The zero-order valence-electron chi connectivity index (χ0n) is 11.1. The molecule has 0 aromatic heterocycles. The monoisotopic (exact) mass is 261 g/mol. The second-order valence-corrected chi connectivity index (χ2v) is 4.92. The highest BCUT2D eigenvalue weighted by Gasteiger charge is 2.32. The van der Waals surface area contributed by atoms with E-state index in [0.717, 1.165) is 24.8 Å². The van der Waals surface area contributed by atoms with Crippen LogP contribution in [0.2, 0.25) is 0 Å². The Morgan fingerprint density at radius 2 is 2.26 bits per heavy atom. The van der Waals surface area contributed by atoms with Crippen molar-refractivity contribution in [1.29, 1.82) is 0 Å². The maximum Gasteiger partial charge on any atom is 0.326 e. The number of carboxylic acids is 1. The van der Waals surface area contributed by atoms with E-state index in [9.17, 15) is 14.7 Å². The van der Waals surface area contributed by atoms with Gasteiger partial charge < -0.3 is 10.0 Å². The van der Waals surface area contributed by atoms with Gasteiger partial charge in [0.2, 0.25) is 6.41 Å². The fourth-order valence-corrected chi connectivity index (χ4v) is 2.92. The lowest BCUT2D eigenvalue weighted by Crippen LogP contribution is -2.43. The molecule has 1 aliphatic carbocycles. The SMILES string of the molecule is CCC(C(=O)O)N(C=O)C1CCCc2ccccc21. The molecule has 4 heteroatoms. The average molecular weight is 261 g/mol. The molecule has 1 aromatic carbocycles. The van der Waals surface area contributed by atoms with Crippen LogP contribution in [-0.4, -0.2) is 28.4 Å². The molecule has 102 valence electrons. The second-order valence-electron chi connectivity index (χ2n) is 4.92. The van der Waals surface area contributed by atoms with Crippen LogP contribution in [0.3, 0.4) is 0 Å². The van der Waals surface area contributed by atoms with Crippen LogP contribution in [0.1, 0.15) is 43.4 Å². The van der Waals surface area contributed by atoms with Gasteiger partial charge in [-0.1, -0.05) is 31.2 Å². The van der Waals surface area contributed by atoms with Crippen LogP contribution in [-0.2, 0) is 16.0 Å². The van der Waals surface area contributed by atoms with Gasteiger partial charge >= 0.3 is 5.97 Å². The molecule has 0 saturated heterocycles. The van der Waals surface area contributed by atoms with Crippen molar-refractivity contribution in [3.05, 3.63) is 35.4 Å². The summed E-state index contributed by atoms with van der Waals surface area (Å²) in [5, 5.41) is 9.25. The Labute approximate surface area is 113 Å². The number of benzene rings is 1. The van der Waals surface area contributed by atoms with Crippen molar-refractivity contribution >= 4 is 12.4 Å². The Hall–Kier alpha value is -1.84. The fourth-order valence-electron chi connectivity index (χ4n) is 2.92. The molecular weight excluding hydrogens is 242 g/mol. The van der Waals surface area contributed by atoms with Crippen LogP contribution in [0.15, 0.2) is 24.3 Å². The highest BCUT2D eigenvalue weighted by atomic mass is 16.4. The summed E-state index contributed by atoms with van der Waals surface area (Å²) in [5.74, 6) is -0.933. The quantitative estimate of drug-likeness (QED) is 0.828. The summed E-state index contributed by atoms with van der Waals surface area (Å²) in [6, 6.07) is 7.15. The molecule has 0 fully saturated rings. The van der Waals surface area contributed by atoms with Gasteiger partial charge in [0.15, 0.2) is 0 Å². The predicted molar refractivity (Wildman–Crippen MR) is 71.7 cm³/mol. The van der Waals surface area contributed by atoms with Crippen molar-refractivity contribution in [2.24, 2.45) is 0 Å². The number of aryl methyl sites for hydroxylation is 1. The molecule has 0 heterocycles. The predicted octanol–water partition coefficient (Wildman–Crippen LogP) is 2.39. The van der Waals surface area contributed by atoms with E-state index >= 15 is 0 Å². The third-order valence-corrected chi connectivity index (χ3v) is 3.85. The van der Waals surface area contributed by atoms with Crippen molar-refractivity contribution in [1.82, 2.24) is 4.90 Å². The van der Waals surface area contributed by atoms with E-state index in [2.05, 4.69) is 6.07 Å². The van der Waals surface area contributed by atoms with Gasteiger partial charge in [0.25, 0.3) is 0 Å². The van der Waals surface area contributed by atoms with Crippen molar-refractivity contribution in [3.8, 4) is 0 Å². The molecular formula is C15H19NO3. The zero-order chi connectivity index (χ0) is 13.8. The van der Waals surface area contributed by atoms with Gasteiger partial charge in [-0.2, -0.15) is 0 Å². The lowest BCUT2D eigenvalue weighted by atomic mass is 9.86. The average Bonchev–Trinajstić information content (AvgIpc) is 2.43. The minimum atomic E-state index is -0.933. The Bertz CT molecular complexity index is 472. The number of rotatable bonds is 5. The summed E-state index contributed by atoms with van der Waals surface area (Å²) in [4.78, 5) is 24.1. The van der Waals surface area contributed by atoms with E-state index in [1.165, 1.54) is 10.5 Å². The van der Waals surface area contributed by atoms with Gasteiger partial charge in [-0.25, -0.2) is 4.79 Å². The lowest BCUT2D eigenvalue weighted by molar-refractivity contribution is -0.148. The molecule has 0 radical (unpaired) electrons. The molecule has 0 saturated carbocycles. The molecule has 0 bridgehead atoms. The number of hydrogen-bond acceptors (Lipinski definition) is 2. The summed E-state index contributed by atoms with van der Waals surface area (Å²) in [5.41, 5.74) is 2.33. The third kappa shape index (κ3) is 2.62. The van der Waals surface area contributed by atoms with Gasteiger partial charge in [0, 0.05) is 0 Å². The van der Waals surface area contributed by atoms with E-state index in [4.69, 9.17) is 0 Å². The smallest absolute Gasteiger partial charge is 0.326 e. The number of carbonyl (C=O) groups excluding carboxylic acids is 1. The van der Waals surface area contributed by atoms with Crippen molar-refractivity contribution in [2.75, 3.05) is 0 Å². The standard InChI is InChI=1S/C15H19NO3/c1-2-13(15(18)19)16(10-17)14-9-5-7-11-6-3-4-8-12(11)14/h3-4,6,8,10,13-14H,2,5,7,9H2,1H3,(H,18,19). The lowest BCUT2D eigenvalue weighted by Gasteiger charge is -2.36. The Balaban J connectivity index is 2.35. The summed E-state index contributed by atoms with van der Waals surface area (Å²) in [7, 11) is 0. The van der Waals surface area contributed by atoms with E-state index < -0.39 is 12.0 Å². The summed E-state index contributed by atoms with van der Waals surface area (Å²) in [6.07, 6.45) is 3.94. The first-order valence-corrected chi connectivity index (χ1v) is 6.72. The van der Waals surface area contributed by atoms with Crippen LogP contribution in [0.5, 0.6) is 0 Å². The molecule has 1 aliphatic rings. The van der Waals surface area contributed by atoms with Gasteiger partial charge in [0.05, 0.1) is 6.04 Å². The van der Waals surface area contributed by atoms with E-state index in [1.807, 2.05) is 18.2 Å². The molecule has 1 aromatic rings. The first-order chi connectivity index (χ1) is 9.19. The first kappa shape index (κ1) is 13.6. The molecule has 2 rings (SSSR count). The Morgan fingerprint density at radius 1 is 1.53 bits per heavy atom. The number of amides is 1. The topological polar surface area (TPSA) is 57.6 Å². The van der Waals surface area contributed by atoms with Crippen molar-refractivity contribution < 1.29 is 14.7 Å². The second kappa shape index (κ2) is 5.87. The van der Waals surface area contributed by atoms with Crippen LogP contribution in [0.4, 0.5) is 0 Å². The molecule has 19 heavy (non-hydrogen) atoms. The van der Waals surface area contributed by atoms with Crippen LogP contribution in [0.25, 0.3) is 0 Å². The molecule has 2 atom stereocenters. The zero-order valence-corrected chi connectivity index (χ0v) is 11.1. The van der Waals surface area contributed by atoms with Gasteiger partial charge in [-0.3, -0.25) is 4.79 Å². The van der Waals surface area contributed by atoms with Gasteiger partial charge in [-0.15, -0.1) is 0 Å². The molecule has 0 aliphatic heterocycles. The Morgan fingerprint density at radius 3 is 2.89 bits per heavy atom. The van der Waals surface area contributed by atoms with E-state index in [1.54, 1.807) is 6.92 Å². The van der Waals surface area contributed by atoms with Crippen molar-refractivity contribution in [3.63, 3.8) is 0 Å². The number of carboxylic acid groups (broad SMARTS) is 1. The maximum absolute atomic E-state index is 11.4. The molecule has 0 spiro atoms. The maximum atomic E-state index is 11.4. The summed E-state index contributed by atoms with van der Waals surface area (Å²) >= 11 is 0. The van der Waals surface area contributed by atoms with Crippen LogP contribution < -0.4 is 0 Å². The van der Waals surface area contributed by atoms with Gasteiger partial charge in [-0.05, 0) is 36.8 Å². The number of aliphatic carboxylic acids is 1. The largest absolute Gasteiger partial charge is 0.480 e. The number of fused-ring (bicyclic) bond motifs is 1. The first-order valence-electron chi connectivity index (χ1n) is 6.72. The molecule has 2 unspecified atom stereocenters. The summed E-state index contributed by atoms with van der Waals surface area (Å²) in [6.45, 7) is 1.80. The minimum absolute atomic E-state index is 0.108. The number of hydrogen-bond donors (Lipinski definition) is 1. The molecule has 1 N–H and O–H groups in total. The normalized spacial score (nSPS) is 19.3. The number of carbonyl (C=O) groups is 2. The highest BCUT2D eigenvalue weighted by Crippen LogP contribution is 2.34. The van der Waals surface area contributed by atoms with E-state index in [0.29, 0.717) is 12.8 Å². The molecule has 1 amide bonds. The molecule has 4 nitrogen and oxygen atoms in total. The fraction of sp³-hybridized carbons (Fsp3) is 0.467. The third-order valence-electron chi connectivity index (χ3n) is 3.85. The Kier molecular flexibility index (Phi) is 4.20. The van der Waals surface area contributed by atoms with Crippen LogP contribution >= 0.6 is 0 Å². The number of nitrogens with zero attached hydrogens (tertiary/aromatic N) is 1. The highest BCUT2D eigenvalue weighted by molar-refractivity contribution is 5.76.